The summed E-state index contributed by atoms with van der Waals surface area (Å²) in [6, 6.07) is 10.1. The van der Waals surface area contributed by atoms with Gasteiger partial charge in [-0.25, -0.2) is 13.6 Å². The fraction of sp³-hybridized carbons (Fsp3) is 0.294. The molecule has 0 saturated carbocycles. The molecule has 0 aliphatic rings. The number of unbranched alkanes of at least 4 members (excludes halogenated alkanes) is 1. The topological polar surface area (TPSA) is 78.6 Å². The maximum atomic E-state index is 12.7. The first-order valence-electron chi connectivity index (χ1n) is 7.66. The Morgan fingerprint density at radius 1 is 1.16 bits per heavy atom. The molecule has 0 unspecified atom stereocenters. The molecule has 8 heteroatoms. The second kappa shape index (κ2) is 8.26. The Labute approximate surface area is 145 Å². The van der Waals surface area contributed by atoms with E-state index in [-0.39, 0.29) is 10.6 Å². The lowest BCUT2D eigenvalue weighted by molar-refractivity contribution is -0.0494. The number of hydrogen-bond donors (Lipinski definition) is 1. The van der Waals surface area contributed by atoms with Crippen LogP contribution in [0, 0.1) is 0 Å². The molecule has 136 valence electrons. The van der Waals surface area contributed by atoms with E-state index >= 15 is 0 Å². The zero-order valence-electron chi connectivity index (χ0n) is 13.6. The largest absolute Gasteiger partial charge is 0.494 e. The fourth-order valence-corrected chi connectivity index (χ4v) is 2.76. The van der Waals surface area contributed by atoms with Crippen molar-refractivity contribution in [2.75, 3.05) is 6.61 Å². The van der Waals surface area contributed by atoms with E-state index in [9.17, 15) is 17.2 Å². The van der Waals surface area contributed by atoms with Crippen molar-refractivity contribution in [3.05, 3.63) is 42.5 Å². The summed E-state index contributed by atoms with van der Waals surface area (Å²) in [5.41, 5.74) is 0.669. The van der Waals surface area contributed by atoms with Crippen LogP contribution in [0.1, 0.15) is 19.8 Å². The first kappa shape index (κ1) is 19.1. The van der Waals surface area contributed by atoms with E-state index in [0.717, 1.165) is 12.8 Å². The van der Waals surface area contributed by atoms with Gasteiger partial charge in [-0.05, 0) is 42.3 Å². The molecule has 25 heavy (non-hydrogen) atoms. The molecule has 2 aromatic rings. The summed E-state index contributed by atoms with van der Waals surface area (Å²) in [7, 11) is -3.92. The van der Waals surface area contributed by atoms with Gasteiger partial charge in [0.15, 0.2) is 0 Å². The van der Waals surface area contributed by atoms with E-state index in [1.165, 1.54) is 36.4 Å². The summed E-state index contributed by atoms with van der Waals surface area (Å²) in [5, 5.41) is 5.13. The maximum absolute atomic E-state index is 12.7. The predicted octanol–water partition coefficient (Wildman–Crippen LogP) is 3.78. The lowest BCUT2D eigenvalue weighted by Crippen LogP contribution is -2.12. The van der Waals surface area contributed by atoms with Crippen LogP contribution < -0.4 is 14.6 Å². The van der Waals surface area contributed by atoms with Gasteiger partial charge in [0.1, 0.15) is 11.5 Å². The number of halogens is 2. The molecule has 2 N–H and O–H groups in total. The maximum Gasteiger partial charge on any atom is 0.387 e. The number of hydrogen-bond acceptors (Lipinski definition) is 4. The molecule has 0 amide bonds. The number of rotatable bonds is 8. The number of ether oxygens (including phenoxy) is 2. The Hall–Kier alpha value is -2.19. The molecular weight excluding hydrogens is 352 g/mol. The van der Waals surface area contributed by atoms with Crippen LogP contribution in [-0.2, 0) is 10.0 Å². The van der Waals surface area contributed by atoms with Crippen LogP contribution in [0.2, 0.25) is 0 Å². The highest BCUT2D eigenvalue weighted by Gasteiger charge is 2.15. The standard InChI is InChI=1S/C17H19F2NO4S/c1-2-3-9-23-13-7-8-16(24-17(18)19)15(11-13)12-5-4-6-14(10-12)25(20,21)22/h4-8,10-11,17H,2-3,9H2,1H3,(H2,20,21,22). The van der Waals surface area contributed by atoms with Gasteiger partial charge in [-0.1, -0.05) is 25.5 Å². The van der Waals surface area contributed by atoms with Gasteiger partial charge in [0, 0.05) is 5.56 Å². The van der Waals surface area contributed by atoms with Gasteiger partial charge in [-0.15, -0.1) is 0 Å². The summed E-state index contributed by atoms with van der Waals surface area (Å²) < 4.78 is 58.5. The molecule has 0 aliphatic heterocycles. The van der Waals surface area contributed by atoms with Gasteiger partial charge in [0.2, 0.25) is 10.0 Å². The van der Waals surface area contributed by atoms with Crippen LogP contribution in [0.15, 0.2) is 47.4 Å². The van der Waals surface area contributed by atoms with E-state index in [1.807, 2.05) is 6.92 Å². The number of alkyl halides is 2. The molecular formula is C17H19F2NO4S. The van der Waals surface area contributed by atoms with Crippen molar-refractivity contribution in [1.82, 2.24) is 0 Å². The third-order valence-corrected chi connectivity index (χ3v) is 4.32. The SMILES string of the molecule is CCCCOc1ccc(OC(F)F)c(-c2cccc(S(N)(=O)=O)c2)c1. The molecule has 0 aliphatic carbocycles. The van der Waals surface area contributed by atoms with Crippen molar-refractivity contribution in [2.45, 2.75) is 31.3 Å². The molecule has 0 radical (unpaired) electrons. The quantitative estimate of drug-likeness (QED) is 0.716. The lowest BCUT2D eigenvalue weighted by atomic mass is 10.0. The number of benzene rings is 2. The third-order valence-electron chi connectivity index (χ3n) is 3.41. The minimum atomic E-state index is -3.92. The van der Waals surface area contributed by atoms with E-state index < -0.39 is 16.6 Å². The summed E-state index contributed by atoms with van der Waals surface area (Å²) in [4.78, 5) is -0.120. The molecule has 0 fully saturated rings. The van der Waals surface area contributed by atoms with Crippen LogP contribution in [0.25, 0.3) is 11.1 Å². The van der Waals surface area contributed by atoms with Crippen molar-refractivity contribution in [3.63, 3.8) is 0 Å². The average molecular weight is 371 g/mol. The fourth-order valence-electron chi connectivity index (χ4n) is 2.20. The first-order valence-corrected chi connectivity index (χ1v) is 9.21. The molecule has 2 aromatic carbocycles. The normalized spacial score (nSPS) is 11.6. The number of primary sulfonamides is 1. The molecule has 0 aromatic heterocycles. The van der Waals surface area contributed by atoms with Gasteiger partial charge in [0.25, 0.3) is 0 Å². The summed E-state index contributed by atoms with van der Waals surface area (Å²) >= 11 is 0. The van der Waals surface area contributed by atoms with Crippen LogP contribution in [0.4, 0.5) is 8.78 Å². The Morgan fingerprint density at radius 3 is 2.56 bits per heavy atom. The van der Waals surface area contributed by atoms with E-state index in [4.69, 9.17) is 9.88 Å². The number of sulfonamides is 1. The van der Waals surface area contributed by atoms with Crippen molar-refractivity contribution < 1.29 is 26.7 Å². The summed E-state index contributed by atoms with van der Waals surface area (Å²) in [5.74, 6) is 0.399. The zero-order chi connectivity index (χ0) is 18.4. The van der Waals surface area contributed by atoms with E-state index in [2.05, 4.69) is 4.74 Å². The molecule has 2 rings (SSSR count). The number of nitrogens with two attached hydrogens (primary N) is 1. The smallest absolute Gasteiger partial charge is 0.387 e. The van der Waals surface area contributed by atoms with Gasteiger partial charge >= 0.3 is 6.61 Å². The van der Waals surface area contributed by atoms with Gasteiger partial charge in [0.05, 0.1) is 11.5 Å². The highest BCUT2D eigenvalue weighted by molar-refractivity contribution is 7.89. The van der Waals surface area contributed by atoms with E-state index in [1.54, 1.807) is 6.07 Å². The Balaban J connectivity index is 2.46. The second-order valence-electron chi connectivity index (χ2n) is 5.31. The van der Waals surface area contributed by atoms with Crippen molar-refractivity contribution >= 4 is 10.0 Å². The second-order valence-corrected chi connectivity index (χ2v) is 6.87. The van der Waals surface area contributed by atoms with Crippen molar-refractivity contribution in [3.8, 4) is 22.6 Å². The third kappa shape index (κ3) is 5.40. The zero-order valence-corrected chi connectivity index (χ0v) is 14.4. The molecule has 0 spiro atoms. The lowest BCUT2D eigenvalue weighted by Gasteiger charge is -2.14. The van der Waals surface area contributed by atoms with Crippen LogP contribution in [0.3, 0.4) is 0 Å². The van der Waals surface area contributed by atoms with Crippen LogP contribution >= 0.6 is 0 Å². The minimum Gasteiger partial charge on any atom is -0.494 e. The first-order chi connectivity index (χ1) is 11.8. The minimum absolute atomic E-state index is 0.0792. The average Bonchev–Trinajstić information content (AvgIpc) is 2.55. The van der Waals surface area contributed by atoms with Crippen molar-refractivity contribution in [1.29, 1.82) is 0 Å². The Bertz CT molecular complexity index is 825. The van der Waals surface area contributed by atoms with Gasteiger partial charge in [-0.3, -0.25) is 0 Å². The van der Waals surface area contributed by atoms with Gasteiger partial charge < -0.3 is 9.47 Å². The molecule has 0 heterocycles. The van der Waals surface area contributed by atoms with Gasteiger partial charge in [-0.2, -0.15) is 8.78 Å². The Kier molecular flexibility index (Phi) is 6.33. The Morgan fingerprint density at radius 2 is 1.92 bits per heavy atom. The summed E-state index contributed by atoms with van der Waals surface area (Å²) in [6.45, 7) is -0.498. The monoisotopic (exact) mass is 371 g/mol. The molecule has 0 saturated heterocycles. The predicted molar refractivity (Wildman–Crippen MR) is 90.3 cm³/mol. The molecule has 0 bridgehead atoms. The summed E-state index contributed by atoms with van der Waals surface area (Å²) in [6.07, 6.45) is 1.81. The van der Waals surface area contributed by atoms with Crippen molar-refractivity contribution in [2.24, 2.45) is 5.14 Å². The highest BCUT2D eigenvalue weighted by atomic mass is 32.2. The van der Waals surface area contributed by atoms with E-state index in [0.29, 0.717) is 23.5 Å². The molecule has 0 atom stereocenters. The molecule has 5 nitrogen and oxygen atoms in total. The van der Waals surface area contributed by atoms with Crippen LogP contribution in [0.5, 0.6) is 11.5 Å². The van der Waals surface area contributed by atoms with Crippen LogP contribution in [-0.4, -0.2) is 21.6 Å². The highest BCUT2D eigenvalue weighted by Crippen LogP contribution is 2.35.